The van der Waals surface area contributed by atoms with Gasteiger partial charge < -0.3 is 0 Å². The molecule has 2 fully saturated rings. The highest BCUT2D eigenvalue weighted by molar-refractivity contribution is 7.99. The minimum absolute atomic E-state index is 0.553. The van der Waals surface area contributed by atoms with Crippen molar-refractivity contribution >= 4 is 34.7 Å². The number of imidazole rings is 1. The van der Waals surface area contributed by atoms with Crippen LogP contribution in [0.15, 0.2) is 18.3 Å². The molecule has 0 N–H and O–H groups in total. The van der Waals surface area contributed by atoms with Crippen molar-refractivity contribution in [3.63, 3.8) is 0 Å². The third-order valence-electron chi connectivity index (χ3n) is 4.20. The van der Waals surface area contributed by atoms with Crippen molar-refractivity contribution in [1.82, 2.24) is 14.5 Å². The van der Waals surface area contributed by atoms with Crippen LogP contribution in [-0.2, 0) is 0 Å². The van der Waals surface area contributed by atoms with Crippen LogP contribution in [0.4, 0.5) is 0 Å². The molecule has 0 radical (unpaired) electrons. The van der Waals surface area contributed by atoms with E-state index >= 15 is 0 Å². The van der Waals surface area contributed by atoms with Crippen molar-refractivity contribution < 1.29 is 0 Å². The molecule has 4 heterocycles. The molecule has 2 aliphatic rings. The fourth-order valence-corrected chi connectivity index (χ4v) is 5.66. The van der Waals surface area contributed by atoms with Crippen molar-refractivity contribution in [3.8, 4) is 0 Å². The van der Waals surface area contributed by atoms with Crippen LogP contribution >= 0.6 is 23.5 Å². The highest BCUT2D eigenvalue weighted by Crippen LogP contribution is 2.41. The van der Waals surface area contributed by atoms with Gasteiger partial charge >= 0.3 is 0 Å². The summed E-state index contributed by atoms with van der Waals surface area (Å²) in [7, 11) is 0. The molecule has 2 atom stereocenters. The number of aromatic nitrogens is 3. The average Bonchev–Trinajstić information content (AvgIpc) is 3.14. The molecule has 3 nitrogen and oxygen atoms in total. The van der Waals surface area contributed by atoms with Crippen LogP contribution in [-0.4, -0.2) is 31.8 Å². The molecular weight excluding hydrogens is 286 g/mol. The summed E-state index contributed by atoms with van der Waals surface area (Å²) in [6.07, 6.45) is 7.09. The lowest BCUT2D eigenvalue weighted by Crippen LogP contribution is -2.16. The molecule has 0 amide bonds. The van der Waals surface area contributed by atoms with Crippen LogP contribution in [0.2, 0.25) is 0 Å². The SMILES string of the molecule is c1cnc2c(c1)nc(C1CCCSC1)n2C1CCCS1. The van der Waals surface area contributed by atoms with Gasteiger partial charge in [-0.15, -0.1) is 11.8 Å². The second-order valence-electron chi connectivity index (χ2n) is 5.57. The second-order valence-corrected chi connectivity index (χ2v) is 8.00. The van der Waals surface area contributed by atoms with Gasteiger partial charge in [0.05, 0.1) is 5.37 Å². The smallest absolute Gasteiger partial charge is 0.160 e. The number of fused-ring (bicyclic) bond motifs is 1. The van der Waals surface area contributed by atoms with E-state index in [4.69, 9.17) is 4.98 Å². The first-order chi connectivity index (χ1) is 9.93. The Labute approximate surface area is 127 Å². The number of pyridine rings is 1. The quantitative estimate of drug-likeness (QED) is 0.837. The Bertz CT molecular complexity index is 598. The molecular formula is C15H19N3S2. The molecule has 2 aromatic rings. The van der Waals surface area contributed by atoms with Crippen molar-refractivity contribution in [2.75, 3.05) is 17.3 Å². The van der Waals surface area contributed by atoms with Crippen molar-refractivity contribution in [3.05, 3.63) is 24.2 Å². The van der Waals surface area contributed by atoms with Crippen molar-refractivity contribution in [2.24, 2.45) is 0 Å². The monoisotopic (exact) mass is 305 g/mol. The van der Waals surface area contributed by atoms with Crippen LogP contribution < -0.4 is 0 Å². The molecule has 5 heteroatoms. The van der Waals surface area contributed by atoms with Crippen LogP contribution in [0.3, 0.4) is 0 Å². The van der Waals surface area contributed by atoms with E-state index in [0.29, 0.717) is 11.3 Å². The van der Waals surface area contributed by atoms with E-state index in [0.717, 1.165) is 11.2 Å². The maximum Gasteiger partial charge on any atom is 0.160 e. The summed E-state index contributed by atoms with van der Waals surface area (Å²) in [6.45, 7) is 0. The lowest BCUT2D eigenvalue weighted by atomic mass is 10.0. The van der Waals surface area contributed by atoms with Gasteiger partial charge in [-0.05, 0) is 49.3 Å². The van der Waals surface area contributed by atoms with Crippen LogP contribution in [0.25, 0.3) is 11.2 Å². The molecule has 0 aromatic carbocycles. The average molecular weight is 305 g/mol. The Morgan fingerprint density at radius 1 is 1.20 bits per heavy atom. The summed E-state index contributed by atoms with van der Waals surface area (Å²) in [4.78, 5) is 9.58. The molecule has 106 valence electrons. The zero-order valence-corrected chi connectivity index (χ0v) is 13.1. The standard InChI is InChI=1S/C15H19N3S2/c1-5-12-15(16-7-1)18(13-6-3-9-20-13)14(17-12)11-4-2-8-19-10-11/h1,5,7,11,13H,2-4,6,8-10H2. The van der Waals surface area contributed by atoms with Gasteiger partial charge in [0.1, 0.15) is 11.3 Å². The fourth-order valence-electron chi connectivity index (χ4n) is 3.23. The minimum Gasteiger partial charge on any atom is -0.300 e. The number of hydrogen-bond acceptors (Lipinski definition) is 4. The van der Waals surface area contributed by atoms with Gasteiger partial charge in [-0.1, -0.05) is 0 Å². The Balaban J connectivity index is 1.82. The van der Waals surface area contributed by atoms with E-state index in [-0.39, 0.29) is 0 Å². The summed E-state index contributed by atoms with van der Waals surface area (Å²) in [5, 5.41) is 0.553. The molecule has 0 saturated carbocycles. The molecule has 2 saturated heterocycles. The predicted molar refractivity (Wildman–Crippen MR) is 87.6 cm³/mol. The van der Waals surface area contributed by atoms with E-state index < -0.39 is 0 Å². The first-order valence-electron chi connectivity index (χ1n) is 7.45. The molecule has 0 aliphatic carbocycles. The molecule has 0 bridgehead atoms. The minimum atomic E-state index is 0.553. The number of rotatable bonds is 2. The van der Waals surface area contributed by atoms with Gasteiger partial charge in [0.25, 0.3) is 0 Å². The van der Waals surface area contributed by atoms with Gasteiger partial charge in [-0.3, -0.25) is 4.57 Å². The van der Waals surface area contributed by atoms with E-state index in [2.05, 4.69) is 39.1 Å². The Kier molecular flexibility index (Phi) is 3.65. The second kappa shape index (κ2) is 5.60. The first kappa shape index (κ1) is 13.0. The molecule has 20 heavy (non-hydrogen) atoms. The lowest BCUT2D eigenvalue weighted by molar-refractivity contribution is 0.554. The number of hydrogen-bond donors (Lipinski definition) is 0. The Morgan fingerprint density at radius 2 is 2.15 bits per heavy atom. The molecule has 2 aliphatic heterocycles. The van der Waals surface area contributed by atoms with E-state index in [1.165, 1.54) is 48.8 Å². The molecule has 2 unspecified atom stereocenters. The third-order valence-corrected chi connectivity index (χ3v) is 6.77. The van der Waals surface area contributed by atoms with E-state index in [1.807, 2.05) is 12.3 Å². The fraction of sp³-hybridized carbons (Fsp3) is 0.600. The van der Waals surface area contributed by atoms with Gasteiger partial charge in [-0.2, -0.15) is 11.8 Å². The van der Waals surface area contributed by atoms with Crippen LogP contribution in [0.5, 0.6) is 0 Å². The highest BCUT2D eigenvalue weighted by atomic mass is 32.2. The maximum absolute atomic E-state index is 4.95. The van der Waals surface area contributed by atoms with Gasteiger partial charge in [0, 0.05) is 17.9 Å². The zero-order chi connectivity index (χ0) is 13.4. The summed E-state index contributed by atoms with van der Waals surface area (Å²) in [6, 6.07) is 4.11. The predicted octanol–water partition coefficient (Wildman–Crippen LogP) is 4.07. The Hall–Kier alpha value is -0.680. The summed E-state index contributed by atoms with van der Waals surface area (Å²) >= 11 is 4.15. The van der Waals surface area contributed by atoms with Gasteiger partial charge in [0.2, 0.25) is 0 Å². The topological polar surface area (TPSA) is 30.7 Å². The van der Waals surface area contributed by atoms with E-state index in [1.54, 1.807) is 0 Å². The van der Waals surface area contributed by atoms with Gasteiger partial charge in [0.15, 0.2) is 5.65 Å². The van der Waals surface area contributed by atoms with Crippen molar-refractivity contribution in [2.45, 2.75) is 37.0 Å². The zero-order valence-electron chi connectivity index (χ0n) is 11.5. The van der Waals surface area contributed by atoms with Crippen LogP contribution in [0, 0.1) is 0 Å². The van der Waals surface area contributed by atoms with Gasteiger partial charge in [-0.25, -0.2) is 9.97 Å². The maximum atomic E-state index is 4.95. The summed E-state index contributed by atoms with van der Waals surface area (Å²) < 4.78 is 2.46. The largest absolute Gasteiger partial charge is 0.300 e. The van der Waals surface area contributed by atoms with Crippen molar-refractivity contribution in [1.29, 1.82) is 0 Å². The summed E-state index contributed by atoms with van der Waals surface area (Å²) in [5.74, 6) is 5.72. The molecule has 4 rings (SSSR count). The Morgan fingerprint density at radius 3 is 2.95 bits per heavy atom. The first-order valence-corrected chi connectivity index (χ1v) is 9.66. The normalized spacial score (nSPS) is 27.2. The third kappa shape index (κ3) is 2.25. The van der Waals surface area contributed by atoms with E-state index in [9.17, 15) is 0 Å². The number of nitrogens with zero attached hydrogens (tertiary/aromatic N) is 3. The summed E-state index contributed by atoms with van der Waals surface area (Å²) in [5.41, 5.74) is 2.17. The molecule has 2 aromatic heterocycles. The highest BCUT2D eigenvalue weighted by Gasteiger charge is 2.28. The van der Waals surface area contributed by atoms with Crippen LogP contribution in [0.1, 0.15) is 42.8 Å². The number of thioether (sulfide) groups is 2. The molecule has 0 spiro atoms. The lowest BCUT2D eigenvalue weighted by Gasteiger charge is -2.24.